The second kappa shape index (κ2) is 9.89. The summed E-state index contributed by atoms with van der Waals surface area (Å²) in [5, 5.41) is 20.0. The molecule has 0 bridgehead atoms. The number of aliphatic hydroxyl groups is 2. The number of ether oxygens (including phenoxy) is 4. The van der Waals surface area contributed by atoms with Gasteiger partial charge in [0.1, 0.15) is 29.3 Å². The first-order valence-corrected chi connectivity index (χ1v) is 10.6. The van der Waals surface area contributed by atoms with Gasteiger partial charge in [-0.1, -0.05) is 54.6 Å². The van der Waals surface area contributed by atoms with Crippen LogP contribution in [0.5, 0.6) is 11.5 Å². The molecule has 33 heavy (non-hydrogen) atoms. The highest BCUT2D eigenvalue weighted by atomic mass is 19.1. The molecule has 0 unspecified atom stereocenters. The lowest BCUT2D eigenvalue weighted by Crippen LogP contribution is -2.41. The van der Waals surface area contributed by atoms with E-state index < -0.39 is 36.9 Å². The van der Waals surface area contributed by atoms with E-state index in [4.69, 9.17) is 18.9 Å². The van der Waals surface area contributed by atoms with Crippen LogP contribution in [0.1, 0.15) is 16.7 Å². The highest BCUT2D eigenvalue weighted by Crippen LogP contribution is 2.44. The van der Waals surface area contributed by atoms with E-state index in [2.05, 4.69) is 0 Å². The Kier molecular flexibility index (Phi) is 6.95. The zero-order valence-electron chi connectivity index (χ0n) is 18.4. The van der Waals surface area contributed by atoms with Gasteiger partial charge in [-0.15, -0.1) is 0 Å². The fourth-order valence-electron chi connectivity index (χ4n) is 4.14. The number of hydrogen-bond donors (Lipinski definition) is 2. The molecule has 2 N–H and O–H groups in total. The third-order valence-electron chi connectivity index (χ3n) is 5.92. The summed E-state index contributed by atoms with van der Waals surface area (Å²) in [7, 11) is 3.16. The lowest BCUT2D eigenvalue weighted by Gasteiger charge is -2.38. The molecule has 0 amide bonds. The second-order valence-corrected chi connectivity index (χ2v) is 7.78. The van der Waals surface area contributed by atoms with E-state index in [0.29, 0.717) is 11.5 Å². The van der Waals surface area contributed by atoms with Crippen LogP contribution in [0.25, 0.3) is 0 Å². The van der Waals surface area contributed by atoms with E-state index in [9.17, 15) is 14.6 Å². The number of rotatable bonds is 8. The molecule has 174 valence electrons. The van der Waals surface area contributed by atoms with Crippen LogP contribution in [-0.4, -0.2) is 55.7 Å². The quantitative estimate of drug-likeness (QED) is 0.508. The Balaban J connectivity index is 1.91. The maximum atomic E-state index is 14.6. The number of benzene rings is 3. The molecule has 4 rings (SSSR count). The maximum Gasteiger partial charge on any atom is 0.188 e. The molecule has 0 saturated carbocycles. The van der Waals surface area contributed by atoms with E-state index in [-0.39, 0.29) is 0 Å². The molecule has 0 spiro atoms. The molecule has 0 aliphatic carbocycles. The van der Waals surface area contributed by atoms with Gasteiger partial charge in [-0.2, -0.15) is 0 Å². The Morgan fingerprint density at radius 2 is 1.30 bits per heavy atom. The van der Waals surface area contributed by atoms with E-state index in [1.54, 1.807) is 38.5 Å². The summed E-state index contributed by atoms with van der Waals surface area (Å²) < 4.78 is 37.3. The number of aliphatic hydroxyl groups excluding tert-OH is 2. The van der Waals surface area contributed by atoms with Gasteiger partial charge in [0.15, 0.2) is 12.5 Å². The minimum Gasteiger partial charge on any atom is -0.497 e. The van der Waals surface area contributed by atoms with Crippen LogP contribution in [0.15, 0.2) is 78.9 Å². The van der Waals surface area contributed by atoms with Gasteiger partial charge in [0, 0.05) is 0 Å². The van der Waals surface area contributed by atoms with Gasteiger partial charge in [0.25, 0.3) is 0 Å². The zero-order valence-corrected chi connectivity index (χ0v) is 18.4. The first-order chi connectivity index (χ1) is 16.0. The summed E-state index contributed by atoms with van der Waals surface area (Å²) in [6.07, 6.45) is -5.84. The van der Waals surface area contributed by atoms with Gasteiger partial charge in [-0.05, 0) is 41.0 Å². The minimum atomic E-state index is -1.78. The van der Waals surface area contributed by atoms with E-state index in [1.807, 2.05) is 54.6 Å². The molecule has 1 heterocycles. The third-order valence-corrected chi connectivity index (χ3v) is 5.92. The first kappa shape index (κ1) is 23.2. The fourth-order valence-corrected chi connectivity index (χ4v) is 4.14. The average molecular weight is 454 g/mol. The minimum absolute atomic E-state index is 0.568. The largest absolute Gasteiger partial charge is 0.497 e. The molecular weight excluding hydrogens is 427 g/mol. The summed E-state index contributed by atoms with van der Waals surface area (Å²) in [4.78, 5) is 0. The molecule has 1 saturated heterocycles. The average Bonchev–Trinajstić information content (AvgIpc) is 3.15. The molecule has 0 radical (unpaired) electrons. The highest BCUT2D eigenvalue weighted by molar-refractivity contribution is 5.49. The monoisotopic (exact) mass is 454 g/mol. The van der Waals surface area contributed by atoms with Gasteiger partial charge in [0.05, 0.1) is 20.8 Å². The molecule has 4 atom stereocenters. The van der Waals surface area contributed by atoms with Gasteiger partial charge in [-0.25, -0.2) is 4.39 Å². The highest BCUT2D eigenvalue weighted by Gasteiger charge is 2.50. The molecular formula is C26H27FO6. The van der Waals surface area contributed by atoms with Crippen LogP contribution in [-0.2, 0) is 15.1 Å². The van der Waals surface area contributed by atoms with Crippen molar-refractivity contribution in [1.29, 1.82) is 0 Å². The standard InChI is InChI=1S/C26H27FO6/c1-30-20-12-8-18(9-13-20)26(17-6-4-3-5-7-17,19-10-14-21(31-2)15-11-19)33-25-24(29)23(27)22(16-28)32-25/h3-15,22-25,28-29H,16H2,1-2H3/t22-,23-,24-,25+/m1/s1. The maximum absolute atomic E-state index is 14.6. The van der Waals surface area contributed by atoms with Crippen molar-refractivity contribution in [2.24, 2.45) is 0 Å². The molecule has 1 fully saturated rings. The topological polar surface area (TPSA) is 77.4 Å². The van der Waals surface area contributed by atoms with Gasteiger partial charge in [-0.3, -0.25) is 0 Å². The number of methoxy groups -OCH3 is 2. The predicted molar refractivity (Wildman–Crippen MR) is 120 cm³/mol. The third kappa shape index (κ3) is 4.32. The summed E-state index contributed by atoms with van der Waals surface area (Å²) in [6.45, 7) is -0.568. The van der Waals surface area contributed by atoms with E-state index in [0.717, 1.165) is 16.7 Å². The molecule has 3 aromatic rings. The van der Waals surface area contributed by atoms with Crippen LogP contribution >= 0.6 is 0 Å². The van der Waals surface area contributed by atoms with Gasteiger partial charge in [0.2, 0.25) is 0 Å². The number of alkyl halides is 1. The number of halogens is 1. The van der Waals surface area contributed by atoms with Crippen molar-refractivity contribution in [3.8, 4) is 11.5 Å². The summed E-state index contributed by atoms with van der Waals surface area (Å²) in [6, 6.07) is 24.1. The lowest BCUT2D eigenvalue weighted by molar-refractivity contribution is -0.210. The predicted octanol–water partition coefficient (Wildman–Crippen LogP) is 3.43. The van der Waals surface area contributed by atoms with Crippen molar-refractivity contribution in [1.82, 2.24) is 0 Å². The van der Waals surface area contributed by atoms with Crippen LogP contribution < -0.4 is 9.47 Å². The second-order valence-electron chi connectivity index (χ2n) is 7.78. The molecule has 6 nitrogen and oxygen atoms in total. The van der Waals surface area contributed by atoms with Crippen LogP contribution in [0.4, 0.5) is 4.39 Å². The molecule has 1 aliphatic heterocycles. The van der Waals surface area contributed by atoms with Crippen LogP contribution in [0.2, 0.25) is 0 Å². The Morgan fingerprint density at radius 1 is 0.818 bits per heavy atom. The SMILES string of the molecule is COc1ccc(C(O[C@@H]2O[C@H](CO)[C@@H](F)[C@H]2O)(c2ccccc2)c2ccc(OC)cc2)cc1. The van der Waals surface area contributed by atoms with E-state index >= 15 is 0 Å². The van der Waals surface area contributed by atoms with Crippen molar-refractivity contribution in [2.45, 2.75) is 30.3 Å². The Labute approximate surface area is 192 Å². The summed E-state index contributed by atoms with van der Waals surface area (Å²) >= 11 is 0. The summed E-state index contributed by atoms with van der Waals surface area (Å²) in [5.41, 5.74) is 0.922. The number of hydrogen-bond acceptors (Lipinski definition) is 6. The van der Waals surface area contributed by atoms with Crippen molar-refractivity contribution in [2.75, 3.05) is 20.8 Å². The summed E-state index contributed by atoms with van der Waals surface area (Å²) in [5.74, 6) is 1.33. The molecule has 1 aliphatic rings. The molecule has 3 aromatic carbocycles. The smallest absolute Gasteiger partial charge is 0.188 e. The van der Waals surface area contributed by atoms with Gasteiger partial charge >= 0.3 is 0 Å². The van der Waals surface area contributed by atoms with Crippen LogP contribution in [0, 0.1) is 0 Å². The first-order valence-electron chi connectivity index (χ1n) is 10.6. The lowest BCUT2D eigenvalue weighted by atomic mass is 9.80. The Hall–Kier alpha value is -2.97. The van der Waals surface area contributed by atoms with Crippen molar-refractivity contribution in [3.63, 3.8) is 0 Å². The fraction of sp³-hybridized carbons (Fsp3) is 0.308. The van der Waals surface area contributed by atoms with Crippen molar-refractivity contribution < 1.29 is 33.6 Å². The van der Waals surface area contributed by atoms with Crippen LogP contribution in [0.3, 0.4) is 0 Å². The zero-order chi connectivity index (χ0) is 23.4. The Morgan fingerprint density at radius 3 is 1.73 bits per heavy atom. The Bertz CT molecular complexity index is 977. The van der Waals surface area contributed by atoms with Crippen molar-refractivity contribution in [3.05, 3.63) is 95.6 Å². The molecule has 0 aromatic heterocycles. The normalized spacial score (nSPS) is 22.8. The molecule has 7 heteroatoms. The van der Waals surface area contributed by atoms with Crippen molar-refractivity contribution >= 4 is 0 Å². The van der Waals surface area contributed by atoms with E-state index in [1.165, 1.54) is 0 Å². The van der Waals surface area contributed by atoms with Gasteiger partial charge < -0.3 is 29.2 Å².